The van der Waals surface area contributed by atoms with Gasteiger partial charge in [-0.3, -0.25) is 0 Å². The average Bonchev–Trinajstić information content (AvgIpc) is 3.40. The number of fused-ring (bicyclic) bond motifs is 1. The van der Waals surface area contributed by atoms with Gasteiger partial charge < -0.3 is 23.7 Å². The van der Waals surface area contributed by atoms with Gasteiger partial charge in [0.15, 0.2) is 11.5 Å². The zero-order valence-corrected chi connectivity index (χ0v) is 20.7. The van der Waals surface area contributed by atoms with Crippen molar-refractivity contribution in [3.05, 3.63) is 107 Å². The van der Waals surface area contributed by atoms with Gasteiger partial charge in [0.1, 0.15) is 17.2 Å². The monoisotopic (exact) mass is 482 g/mol. The second-order valence-electron chi connectivity index (χ2n) is 8.78. The lowest BCUT2D eigenvalue weighted by atomic mass is 10.0. The Hall–Kier alpha value is -4.12. The molecule has 0 fully saturated rings. The second-order valence-corrected chi connectivity index (χ2v) is 8.78. The molecule has 0 radical (unpaired) electrons. The molecule has 1 aliphatic rings. The van der Waals surface area contributed by atoms with Crippen LogP contribution in [0.5, 0.6) is 34.5 Å². The predicted molar refractivity (Wildman–Crippen MR) is 140 cm³/mol. The van der Waals surface area contributed by atoms with Crippen molar-refractivity contribution in [2.24, 2.45) is 0 Å². The minimum Gasteiger partial charge on any atom is -0.497 e. The molecular formula is C31H30O5. The lowest BCUT2D eigenvalue weighted by molar-refractivity contribution is 0.171. The molecule has 5 rings (SSSR count). The van der Waals surface area contributed by atoms with Crippen LogP contribution >= 0.6 is 0 Å². The van der Waals surface area contributed by atoms with Crippen molar-refractivity contribution in [3.63, 3.8) is 0 Å². The van der Waals surface area contributed by atoms with Crippen LogP contribution in [0.25, 0.3) is 0 Å². The Kier molecular flexibility index (Phi) is 7.27. The topological polar surface area (TPSA) is 46.2 Å². The molecule has 0 spiro atoms. The van der Waals surface area contributed by atoms with E-state index in [4.69, 9.17) is 23.7 Å². The number of hydrogen-bond donors (Lipinski definition) is 0. The predicted octanol–water partition coefficient (Wildman–Crippen LogP) is 6.80. The van der Waals surface area contributed by atoms with Gasteiger partial charge in [0.25, 0.3) is 0 Å². The summed E-state index contributed by atoms with van der Waals surface area (Å²) in [4.78, 5) is 0. The van der Waals surface area contributed by atoms with E-state index in [9.17, 15) is 0 Å². The molecule has 0 bridgehead atoms. The summed E-state index contributed by atoms with van der Waals surface area (Å²) in [6.45, 7) is 0.233. The molecule has 36 heavy (non-hydrogen) atoms. The second kappa shape index (κ2) is 11.1. The summed E-state index contributed by atoms with van der Waals surface area (Å²) in [6.07, 6.45) is 3.61. The summed E-state index contributed by atoms with van der Waals surface area (Å²) in [5.41, 5.74) is 4.85. The van der Waals surface area contributed by atoms with Crippen molar-refractivity contribution in [2.45, 2.75) is 25.7 Å². The first-order valence-corrected chi connectivity index (χ1v) is 12.2. The standard InChI is InChI=1S/C31H30O5/c1-32-26-9-3-6-22(16-26)12-13-23-7-4-10-27(17-23)36-28-11-5-8-24(18-28)14-15-25-19-29(33-2)31-30(20-25)34-21-35-31/h3-11,16-20H,12-15,21H2,1-2H3. The molecule has 4 aromatic carbocycles. The molecule has 0 aliphatic carbocycles. The maximum absolute atomic E-state index is 6.22. The van der Waals surface area contributed by atoms with Crippen LogP contribution in [0.3, 0.4) is 0 Å². The van der Waals surface area contributed by atoms with Gasteiger partial charge in [0.2, 0.25) is 12.5 Å². The molecule has 5 nitrogen and oxygen atoms in total. The van der Waals surface area contributed by atoms with Gasteiger partial charge in [-0.15, -0.1) is 0 Å². The quantitative estimate of drug-likeness (QED) is 0.249. The first-order valence-electron chi connectivity index (χ1n) is 12.2. The molecule has 5 heteroatoms. The van der Waals surface area contributed by atoms with Crippen LogP contribution < -0.4 is 23.7 Å². The fraction of sp³-hybridized carbons (Fsp3) is 0.226. The largest absolute Gasteiger partial charge is 0.497 e. The van der Waals surface area contributed by atoms with Crippen LogP contribution in [-0.2, 0) is 25.7 Å². The average molecular weight is 483 g/mol. The normalized spacial score (nSPS) is 11.8. The van der Waals surface area contributed by atoms with E-state index >= 15 is 0 Å². The summed E-state index contributed by atoms with van der Waals surface area (Å²) in [5, 5.41) is 0. The molecule has 0 N–H and O–H groups in total. The molecular weight excluding hydrogens is 452 g/mol. The van der Waals surface area contributed by atoms with E-state index in [1.807, 2.05) is 48.5 Å². The smallest absolute Gasteiger partial charge is 0.231 e. The Morgan fingerprint density at radius 1 is 0.583 bits per heavy atom. The number of rotatable bonds is 10. The number of ether oxygens (including phenoxy) is 5. The van der Waals surface area contributed by atoms with E-state index in [-0.39, 0.29) is 6.79 Å². The van der Waals surface area contributed by atoms with Crippen molar-refractivity contribution < 1.29 is 23.7 Å². The molecule has 184 valence electrons. The van der Waals surface area contributed by atoms with Crippen LogP contribution in [0.2, 0.25) is 0 Å². The SMILES string of the molecule is COc1cccc(CCc2cccc(Oc3cccc(CCc4cc(OC)c5c(c4)OCO5)c3)c2)c1. The fourth-order valence-corrected chi connectivity index (χ4v) is 4.40. The first kappa shape index (κ1) is 23.6. The first-order chi connectivity index (χ1) is 17.7. The van der Waals surface area contributed by atoms with Gasteiger partial charge in [-0.2, -0.15) is 0 Å². The van der Waals surface area contributed by atoms with Gasteiger partial charge in [-0.1, -0.05) is 36.4 Å². The molecule has 1 aliphatic heterocycles. The molecule has 0 saturated heterocycles. The highest BCUT2D eigenvalue weighted by Crippen LogP contribution is 2.42. The van der Waals surface area contributed by atoms with E-state index < -0.39 is 0 Å². The fourth-order valence-electron chi connectivity index (χ4n) is 4.40. The molecule has 1 heterocycles. The minimum atomic E-state index is 0.233. The molecule has 0 saturated carbocycles. The van der Waals surface area contributed by atoms with E-state index in [1.54, 1.807) is 14.2 Å². The molecule has 4 aromatic rings. The van der Waals surface area contributed by atoms with Gasteiger partial charge in [-0.05, 0) is 96.5 Å². The Morgan fingerprint density at radius 3 is 1.72 bits per heavy atom. The van der Waals surface area contributed by atoms with Crippen LogP contribution in [0, 0.1) is 0 Å². The Morgan fingerprint density at radius 2 is 1.14 bits per heavy atom. The third-order valence-corrected chi connectivity index (χ3v) is 6.29. The van der Waals surface area contributed by atoms with E-state index in [0.29, 0.717) is 11.5 Å². The maximum Gasteiger partial charge on any atom is 0.231 e. The highest BCUT2D eigenvalue weighted by atomic mass is 16.7. The van der Waals surface area contributed by atoms with E-state index in [1.165, 1.54) is 16.7 Å². The van der Waals surface area contributed by atoms with Gasteiger partial charge >= 0.3 is 0 Å². The third-order valence-electron chi connectivity index (χ3n) is 6.29. The van der Waals surface area contributed by atoms with Crippen LogP contribution in [0.4, 0.5) is 0 Å². The lowest BCUT2D eigenvalue weighted by Gasteiger charge is -2.11. The van der Waals surface area contributed by atoms with Gasteiger partial charge in [-0.25, -0.2) is 0 Å². The summed E-state index contributed by atoms with van der Waals surface area (Å²) in [7, 11) is 3.35. The van der Waals surface area contributed by atoms with Gasteiger partial charge in [0, 0.05) is 0 Å². The number of hydrogen-bond acceptors (Lipinski definition) is 5. The molecule has 0 atom stereocenters. The summed E-state index contributed by atoms with van der Waals surface area (Å²) in [5.74, 6) is 4.71. The highest BCUT2D eigenvalue weighted by molar-refractivity contribution is 5.55. The molecule has 0 amide bonds. The number of aryl methyl sites for hydroxylation is 4. The van der Waals surface area contributed by atoms with Crippen molar-refractivity contribution in [1.82, 2.24) is 0 Å². The number of benzene rings is 4. The Bertz CT molecular complexity index is 1330. The summed E-state index contributed by atoms with van der Waals surface area (Å²) in [6, 6.07) is 28.8. The molecule has 0 aromatic heterocycles. The number of methoxy groups -OCH3 is 2. The van der Waals surface area contributed by atoms with Gasteiger partial charge in [0.05, 0.1) is 14.2 Å². The summed E-state index contributed by atoms with van der Waals surface area (Å²) >= 11 is 0. The highest BCUT2D eigenvalue weighted by Gasteiger charge is 2.20. The third kappa shape index (κ3) is 5.74. The van der Waals surface area contributed by atoms with Crippen molar-refractivity contribution in [3.8, 4) is 34.5 Å². The van der Waals surface area contributed by atoms with E-state index in [0.717, 1.165) is 54.2 Å². The zero-order chi connectivity index (χ0) is 24.7. The summed E-state index contributed by atoms with van der Waals surface area (Å²) < 4.78 is 28.1. The van der Waals surface area contributed by atoms with Crippen molar-refractivity contribution in [2.75, 3.05) is 21.0 Å². The Labute approximate surface area is 212 Å². The van der Waals surface area contributed by atoms with Crippen LogP contribution in [0.15, 0.2) is 84.9 Å². The Balaban J connectivity index is 1.21. The van der Waals surface area contributed by atoms with Crippen LogP contribution in [0.1, 0.15) is 22.3 Å². The zero-order valence-electron chi connectivity index (χ0n) is 20.7. The van der Waals surface area contributed by atoms with Crippen LogP contribution in [-0.4, -0.2) is 21.0 Å². The van der Waals surface area contributed by atoms with Crippen molar-refractivity contribution >= 4 is 0 Å². The molecule has 0 unspecified atom stereocenters. The van der Waals surface area contributed by atoms with Crippen molar-refractivity contribution in [1.29, 1.82) is 0 Å². The lowest BCUT2D eigenvalue weighted by Crippen LogP contribution is -1.95. The van der Waals surface area contributed by atoms with E-state index in [2.05, 4.69) is 36.4 Å². The maximum atomic E-state index is 6.22. The minimum absolute atomic E-state index is 0.233.